The standard InChI is InChI=1S/C14H11Br3O/c1-18-11-5-2-9(3-6-11)14(17)12-7-4-10(15)8-13(12)16/h2-8,14H,1H3. The van der Waals surface area contributed by atoms with Crippen molar-refractivity contribution in [3.63, 3.8) is 0 Å². The predicted molar refractivity (Wildman–Crippen MR) is 85.6 cm³/mol. The number of benzene rings is 2. The highest BCUT2D eigenvalue weighted by atomic mass is 79.9. The molecule has 0 spiro atoms. The summed E-state index contributed by atoms with van der Waals surface area (Å²) in [4.78, 5) is 0.158. The zero-order valence-electron chi connectivity index (χ0n) is 9.66. The minimum Gasteiger partial charge on any atom is -0.497 e. The summed E-state index contributed by atoms with van der Waals surface area (Å²) in [5.41, 5.74) is 2.39. The first kappa shape index (κ1) is 14.1. The highest BCUT2D eigenvalue weighted by Gasteiger charge is 2.13. The average molecular weight is 435 g/mol. The molecule has 0 heterocycles. The molecule has 0 radical (unpaired) electrons. The molecular weight excluding hydrogens is 424 g/mol. The van der Waals surface area contributed by atoms with Gasteiger partial charge in [-0.1, -0.05) is 66.0 Å². The van der Waals surface area contributed by atoms with Gasteiger partial charge in [0.2, 0.25) is 0 Å². The molecule has 2 aromatic rings. The van der Waals surface area contributed by atoms with E-state index in [9.17, 15) is 0 Å². The van der Waals surface area contributed by atoms with Gasteiger partial charge >= 0.3 is 0 Å². The molecule has 1 nitrogen and oxygen atoms in total. The van der Waals surface area contributed by atoms with Crippen molar-refractivity contribution >= 4 is 47.8 Å². The van der Waals surface area contributed by atoms with Gasteiger partial charge < -0.3 is 4.74 Å². The van der Waals surface area contributed by atoms with Crippen LogP contribution in [0.25, 0.3) is 0 Å². The third kappa shape index (κ3) is 3.16. The topological polar surface area (TPSA) is 9.23 Å². The van der Waals surface area contributed by atoms with E-state index in [0.717, 1.165) is 14.7 Å². The molecule has 18 heavy (non-hydrogen) atoms. The molecule has 1 unspecified atom stereocenters. The molecule has 94 valence electrons. The summed E-state index contributed by atoms with van der Waals surface area (Å²) in [5.74, 6) is 0.869. The Balaban J connectivity index is 2.31. The lowest BCUT2D eigenvalue weighted by molar-refractivity contribution is 0.414. The smallest absolute Gasteiger partial charge is 0.118 e. The molecule has 0 bridgehead atoms. The number of methoxy groups -OCH3 is 1. The molecule has 0 aliphatic heterocycles. The number of alkyl halides is 1. The van der Waals surface area contributed by atoms with Gasteiger partial charge in [0.15, 0.2) is 0 Å². The molecule has 2 rings (SSSR count). The summed E-state index contributed by atoms with van der Waals surface area (Å²) >= 11 is 10.8. The second-order valence-electron chi connectivity index (χ2n) is 3.80. The van der Waals surface area contributed by atoms with Crippen molar-refractivity contribution in [2.45, 2.75) is 4.83 Å². The Morgan fingerprint density at radius 3 is 2.22 bits per heavy atom. The Kier molecular flexibility index (Phi) is 4.87. The Morgan fingerprint density at radius 2 is 1.67 bits per heavy atom. The second kappa shape index (κ2) is 6.22. The van der Waals surface area contributed by atoms with E-state index in [2.05, 4.69) is 66.0 Å². The summed E-state index contributed by atoms with van der Waals surface area (Å²) in [5, 5.41) is 0. The molecular formula is C14H11Br3O. The third-order valence-corrected chi connectivity index (χ3v) is 4.85. The van der Waals surface area contributed by atoms with Gasteiger partial charge in [-0.2, -0.15) is 0 Å². The minimum absolute atomic E-state index is 0.158. The number of hydrogen-bond acceptors (Lipinski definition) is 1. The van der Waals surface area contributed by atoms with E-state index in [1.807, 2.05) is 24.3 Å². The first-order chi connectivity index (χ1) is 8.61. The van der Waals surface area contributed by atoms with Crippen LogP contribution in [0.5, 0.6) is 5.75 Å². The van der Waals surface area contributed by atoms with E-state index in [0.29, 0.717) is 0 Å². The van der Waals surface area contributed by atoms with Crippen molar-refractivity contribution in [2.24, 2.45) is 0 Å². The van der Waals surface area contributed by atoms with Gasteiger partial charge in [0.05, 0.1) is 11.9 Å². The lowest BCUT2D eigenvalue weighted by atomic mass is 10.0. The van der Waals surface area contributed by atoms with Crippen LogP contribution in [0.15, 0.2) is 51.4 Å². The summed E-state index contributed by atoms with van der Waals surface area (Å²) < 4.78 is 7.30. The monoisotopic (exact) mass is 432 g/mol. The first-order valence-corrected chi connectivity index (χ1v) is 7.85. The lowest BCUT2D eigenvalue weighted by Crippen LogP contribution is -1.94. The predicted octanol–water partition coefficient (Wildman–Crippen LogP) is 5.70. The largest absolute Gasteiger partial charge is 0.497 e. The van der Waals surface area contributed by atoms with Crippen LogP contribution < -0.4 is 4.74 Å². The van der Waals surface area contributed by atoms with Crippen LogP contribution in [0.4, 0.5) is 0 Å². The maximum absolute atomic E-state index is 5.16. The third-order valence-electron chi connectivity index (χ3n) is 2.64. The fraction of sp³-hybridized carbons (Fsp3) is 0.143. The minimum atomic E-state index is 0.158. The maximum atomic E-state index is 5.16. The summed E-state index contributed by atoms with van der Waals surface area (Å²) in [6, 6.07) is 14.2. The molecule has 0 N–H and O–H groups in total. The van der Waals surface area contributed by atoms with Crippen molar-refractivity contribution in [1.29, 1.82) is 0 Å². The van der Waals surface area contributed by atoms with Crippen LogP contribution in [0.1, 0.15) is 16.0 Å². The quantitative estimate of drug-likeness (QED) is 0.562. The molecule has 0 saturated carbocycles. The molecule has 2 aromatic carbocycles. The molecule has 0 saturated heterocycles. The van der Waals surface area contributed by atoms with Crippen LogP contribution in [0, 0.1) is 0 Å². The molecule has 0 aliphatic rings. The normalized spacial score (nSPS) is 12.2. The zero-order chi connectivity index (χ0) is 13.1. The highest BCUT2D eigenvalue weighted by Crippen LogP contribution is 2.36. The molecule has 0 aliphatic carbocycles. The number of rotatable bonds is 3. The Bertz CT molecular complexity index is 537. The van der Waals surface area contributed by atoms with Crippen molar-refractivity contribution in [2.75, 3.05) is 7.11 Å². The average Bonchev–Trinajstić information content (AvgIpc) is 2.38. The van der Waals surface area contributed by atoms with Crippen LogP contribution >= 0.6 is 47.8 Å². The Morgan fingerprint density at radius 1 is 1.00 bits per heavy atom. The highest BCUT2D eigenvalue weighted by molar-refractivity contribution is 9.11. The van der Waals surface area contributed by atoms with Crippen molar-refractivity contribution in [1.82, 2.24) is 0 Å². The zero-order valence-corrected chi connectivity index (χ0v) is 14.4. The molecule has 0 aromatic heterocycles. The van der Waals surface area contributed by atoms with Gasteiger partial charge in [-0.3, -0.25) is 0 Å². The van der Waals surface area contributed by atoms with Gasteiger partial charge in [-0.05, 0) is 35.4 Å². The summed E-state index contributed by atoms with van der Waals surface area (Å²) in [7, 11) is 1.67. The van der Waals surface area contributed by atoms with E-state index >= 15 is 0 Å². The van der Waals surface area contributed by atoms with Crippen molar-refractivity contribution < 1.29 is 4.74 Å². The van der Waals surface area contributed by atoms with Crippen LogP contribution in [0.3, 0.4) is 0 Å². The number of halogens is 3. The summed E-state index contributed by atoms with van der Waals surface area (Å²) in [6.07, 6.45) is 0. The van der Waals surface area contributed by atoms with Crippen molar-refractivity contribution in [3.8, 4) is 5.75 Å². The van der Waals surface area contributed by atoms with Gasteiger partial charge in [-0.25, -0.2) is 0 Å². The summed E-state index contributed by atoms with van der Waals surface area (Å²) in [6.45, 7) is 0. The Hall–Kier alpha value is -0.320. The van der Waals surface area contributed by atoms with Crippen LogP contribution in [-0.2, 0) is 0 Å². The molecule has 4 heteroatoms. The van der Waals surface area contributed by atoms with Gasteiger partial charge in [0, 0.05) is 8.95 Å². The number of ether oxygens (including phenoxy) is 1. The first-order valence-electron chi connectivity index (χ1n) is 5.35. The van der Waals surface area contributed by atoms with E-state index in [4.69, 9.17) is 4.74 Å². The second-order valence-corrected chi connectivity index (χ2v) is 6.49. The van der Waals surface area contributed by atoms with Gasteiger partial charge in [0.1, 0.15) is 5.75 Å². The fourth-order valence-electron chi connectivity index (χ4n) is 1.66. The van der Waals surface area contributed by atoms with Crippen molar-refractivity contribution in [3.05, 3.63) is 62.5 Å². The maximum Gasteiger partial charge on any atom is 0.118 e. The SMILES string of the molecule is COc1ccc(C(Br)c2ccc(Br)cc2Br)cc1. The van der Waals surface area contributed by atoms with Crippen LogP contribution in [0.2, 0.25) is 0 Å². The molecule has 1 atom stereocenters. The van der Waals surface area contributed by atoms with E-state index in [1.54, 1.807) is 7.11 Å². The lowest BCUT2D eigenvalue weighted by Gasteiger charge is -2.13. The van der Waals surface area contributed by atoms with Crippen LogP contribution in [-0.4, -0.2) is 7.11 Å². The Labute approximate surface area is 132 Å². The van der Waals surface area contributed by atoms with Gasteiger partial charge in [0.25, 0.3) is 0 Å². The van der Waals surface area contributed by atoms with E-state index in [-0.39, 0.29) is 4.83 Å². The van der Waals surface area contributed by atoms with E-state index in [1.165, 1.54) is 11.1 Å². The fourth-order valence-corrected chi connectivity index (χ4v) is 3.95. The van der Waals surface area contributed by atoms with Gasteiger partial charge in [-0.15, -0.1) is 0 Å². The van der Waals surface area contributed by atoms with E-state index < -0.39 is 0 Å². The molecule has 0 amide bonds. The number of hydrogen-bond donors (Lipinski definition) is 0. The molecule has 0 fully saturated rings.